The lowest BCUT2D eigenvalue weighted by Crippen LogP contribution is -2.65. The Kier molecular flexibility index (Phi) is 11.5. The first kappa shape index (κ1) is 46.0. The van der Waals surface area contributed by atoms with Crippen molar-refractivity contribution in [2.24, 2.45) is 44.8 Å². The molecule has 5 saturated carbocycles. The van der Waals surface area contributed by atoms with E-state index in [4.69, 9.17) is 33.2 Å². The normalized spacial score (nSPS) is 53.8. The van der Waals surface area contributed by atoms with Crippen LogP contribution in [0, 0.1) is 44.8 Å². The van der Waals surface area contributed by atoms with Gasteiger partial charge in [0, 0.05) is 19.8 Å². The number of hydrogen-bond donors (Lipinski definition) is 7. The first-order valence-electron chi connectivity index (χ1n) is 22.6. The first-order valence-corrected chi connectivity index (χ1v) is 22.6. The average molecular weight is 869 g/mol. The molecule has 12 unspecified atom stereocenters. The number of ether oxygens (including phenoxy) is 7. The highest BCUT2D eigenvalue weighted by atomic mass is 16.7. The van der Waals surface area contributed by atoms with E-state index in [9.17, 15) is 45.3 Å². The van der Waals surface area contributed by atoms with Gasteiger partial charge in [0.1, 0.15) is 30.5 Å². The van der Waals surface area contributed by atoms with Crippen molar-refractivity contribution in [1.82, 2.24) is 0 Å². The maximum Gasteiger partial charge on any atom is 0.303 e. The van der Waals surface area contributed by atoms with Crippen molar-refractivity contribution in [2.75, 3.05) is 13.2 Å². The van der Waals surface area contributed by atoms with Gasteiger partial charge in [0.05, 0.1) is 48.8 Å². The van der Waals surface area contributed by atoms with Crippen molar-refractivity contribution in [3.8, 4) is 0 Å². The van der Waals surface area contributed by atoms with Crippen molar-refractivity contribution in [2.45, 2.75) is 211 Å². The molecule has 0 radical (unpaired) electrons. The van der Waals surface area contributed by atoms with E-state index in [0.717, 1.165) is 32.1 Å². The van der Waals surface area contributed by atoms with Crippen LogP contribution in [0.4, 0.5) is 0 Å². The third-order valence-corrected chi connectivity index (χ3v) is 18.2. The summed E-state index contributed by atoms with van der Waals surface area (Å²) in [6.45, 7) is 16.1. The van der Waals surface area contributed by atoms with Gasteiger partial charge in [-0.15, -0.1) is 0 Å². The Bertz CT molecular complexity index is 1680. The van der Waals surface area contributed by atoms with E-state index in [2.05, 4.69) is 34.6 Å². The summed E-state index contributed by atoms with van der Waals surface area (Å²) in [5, 5.41) is 77.1. The van der Waals surface area contributed by atoms with Gasteiger partial charge < -0.3 is 68.9 Å². The van der Waals surface area contributed by atoms with Crippen LogP contribution in [0.5, 0.6) is 0 Å². The zero-order valence-electron chi connectivity index (χ0n) is 37.3. The SMILES string of the molecule is CC(=O)O[C@@H]1[C@@H](OC(C)=O)[C@H](OC2CCC34CC35CCC3(C)C(C6(C)CCC(C(C)(C)O)O6)C(O)CC3(C)C5CC(O[C@@H]3O[C@H](CO)[C@@H](O)[C@H](O)[C@H]3O)C4C2(C)C)OC[C@H]1O. The second-order valence-electron chi connectivity index (χ2n) is 22.2. The lowest BCUT2D eigenvalue weighted by Gasteiger charge is -2.65. The summed E-state index contributed by atoms with van der Waals surface area (Å²) in [5.41, 5.74) is -3.46. The third kappa shape index (κ3) is 6.89. The van der Waals surface area contributed by atoms with Gasteiger partial charge in [0.2, 0.25) is 0 Å². The predicted octanol–water partition coefficient (Wildman–Crippen LogP) is 1.87. The molecule has 8 rings (SSSR count). The molecule has 21 atom stereocenters. The number of rotatable bonds is 9. The Morgan fingerprint density at radius 3 is 2.05 bits per heavy atom. The summed E-state index contributed by atoms with van der Waals surface area (Å²) in [6, 6.07) is 0. The van der Waals surface area contributed by atoms with Crippen molar-refractivity contribution < 1.29 is 78.5 Å². The largest absolute Gasteiger partial charge is 0.455 e. The van der Waals surface area contributed by atoms with Crippen LogP contribution in [0.3, 0.4) is 0 Å². The molecular formula is C45H72O16. The molecule has 8 fully saturated rings. The van der Waals surface area contributed by atoms with Gasteiger partial charge in [-0.05, 0) is 117 Å². The topological polar surface area (TPSA) is 240 Å². The van der Waals surface area contributed by atoms with E-state index < -0.39 is 109 Å². The quantitative estimate of drug-likeness (QED) is 0.129. The van der Waals surface area contributed by atoms with E-state index in [0.29, 0.717) is 25.7 Å². The fourth-order valence-corrected chi connectivity index (χ4v) is 15.5. The molecule has 2 spiro atoms. The van der Waals surface area contributed by atoms with E-state index >= 15 is 0 Å². The molecule has 3 heterocycles. The number of carbonyl (C=O) groups excluding carboxylic acids is 2. The average Bonchev–Trinajstić information content (AvgIpc) is 3.52. The number of fused-ring (bicyclic) bond motifs is 2. The van der Waals surface area contributed by atoms with Gasteiger partial charge >= 0.3 is 11.9 Å². The smallest absolute Gasteiger partial charge is 0.303 e. The van der Waals surface area contributed by atoms with Crippen molar-refractivity contribution >= 4 is 11.9 Å². The summed E-state index contributed by atoms with van der Waals surface area (Å²) < 4.78 is 43.6. The monoisotopic (exact) mass is 868 g/mol. The Morgan fingerprint density at radius 2 is 1.43 bits per heavy atom. The number of aliphatic hydroxyl groups excluding tert-OH is 6. The summed E-state index contributed by atoms with van der Waals surface area (Å²) >= 11 is 0. The number of aliphatic hydroxyl groups is 7. The molecule has 0 aromatic carbocycles. The summed E-state index contributed by atoms with van der Waals surface area (Å²) in [5.74, 6) is -1.67. The Hall–Kier alpha value is -1.54. The Labute approximate surface area is 358 Å². The lowest BCUT2D eigenvalue weighted by molar-refractivity contribution is -0.339. The molecule has 61 heavy (non-hydrogen) atoms. The van der Waals surface area contributed by atoms with Gasteiger partial charge in [-0.2, -0.15) is 0 Å². The maximum absolute atomic E-state index is 12.4. The number of hydrogen-bond acceptors (Lipinski definition) is 16. The van der Waals surface area contributed by atoms with Crippen LogP contribution < -0.4 is 0 Å². The molecule has 3 saturated heterocycles. The summed E-state index contributed by atoms with van der Waals surface area (Å²) in [6.07, 6.45) is -7.80. The summed E-state index contributed by atoms with van der Waals surface area (Å²) in [7, 11) is 0. The molecule has 7 N–H and O–H groups in total. The van der Waals surface area contributed by atoms with Gasteiger partial charge in [-0.25, -0.2) is 0 Å². The van der Waals surface area contributed by atoms with Crippen LogP contribution in [0.2, 0.25) is 0 Å². The standard InChI is InChI=1S/C45H72O16/c1-21(47)56-33-24(50)19-55-38(34(33)57-22(2)48)60-28-11-13-45-20-44(45)15-14-41(7)35(43(9)12-10-29(61-43)40(5,6)54)23(49)17-42(41,8)27(44)16-25(36(45)39(28,3)4)58-37-32(53)31(52)30(51)26(18-46)59-37/h23-38,46,49-54H,10-20H2,1-9H3/t23?,24-,25?,26-,27?,28?,29?,30-,31+,32-,33+,34-,35?,36?,37-,38+,41?,42?,43?,44?,45?/m1/s1. The molecule has 5 aliphatic carbocycles. The molecule has 8 aliphatic rings. The highest BCUT2D eigenvalue weighted by Crippen LogP contribution is 2.89. The molecule has 0 amide bonds. The van der Waals surface area contributed by atoms with E-state index in [-0.39, 0.29) is 52.1 Å². The molecule has 348 valence electrons. The molecule has 16 nitrogen and oxygen atoms in total. The van der Waals surface area contributed by atoms with Crippen LogP contribution in [-0.2, 0) is 42.7 Å². The van der Waals surface area contributed by atoms with Crippen LogP contribution in [-0.4, -0.2) is 152 Å². The van der Waals surface area contributed by atoms with Gasteiger partial charge in [0.25, 0.3) is 0 Å². The molecule has 16 heteroatoms. The van der Waals surface area contributed by atoms with Crippen LogP contribution >= 0.6 is 0 Å². The summed E-state index contributed by atoms with van der Waals surface area (Å²) in [4.78, 5) is 24.5. The highest BCUT2D eigenvalue weighted by Gasteiger charge is 2.85. The van der Waals surface area contributed by atoms with Crippen LogP contribution in [0.25, 0.3) is 0 Å². The lowest BCUT2D eigenvalue weighted by atomic mass is 9.41. The van der Waals surface area contributed by atoms with Gasteiger partial charge in [-0.1, -0.05) is 27.7 Å². The zero-order chi connectivity index (χ0) is 44.6. The minimum atomic E-state index is -1.63. The second-order valence-corrected chi connectivity index (χ2v) is 22.2. The molecule has 0 aromatic rings. The van der Waals surface area contributed by atoms with Gasteiger partial charge in [0.15, 0.2) is 24.8 Å². The fraction of sp³-hybridized carbons (Fsp3) is 0.956. The van der Waals surface area contributed by atoms with E-state index in [1.807, 2.05) is 0 Å². The van der Waals surface area contributed by atoms with E-state index in [1.165, 1.54) is 13.8 Å². The Morgan fingerprint density at radius 1 is 0.754 bits per heavy atom. The Balaban J connectivity index is 1.15. The third-order valence-electron chi connectivity index (χ3n) is 18.2. The maximum atomic E-state index is 12.4. The second kappa shape index (κ2) is 15.3. The number of esters is 2. The first-order chi connectivity index (χ1) is 28.3. The zero-order valence-corrected chi connectivity index (χ0v) is 37.3. The molecule has 3 aliphatic heterocycles. The van der Waals surface area contributed by atoms with Crippen molar-refractivity contribution in [3.63, 3.8) is 0 Å². The molecular weight excluding hydrogens is 796 g/mol. The molecule has 0 bridgehead atoms. The van der Waals surface area contributed by atoms with Crippen molar-refractivity contribution in [1.29, 1.82) is 0 Å². The van der Waals surface area contributed by atoms with Crippen LogP contribution in [0.15, 0.2) is 0 Å². The molecule has 0 aromatic heterocycles. The fourth-order valence-electron chi connectivity index (χ4n) is 15.5. The minimum absolute atomic E-state index is 0.0638. The van der Waals surface area contributed by atoms with Crippen LogP contribution in [0.1, 0.15) is 120 Å². The van der Waals surface area contributed by atoms with Gasteiger partial charge in [-0.3, -0.25) is 9.59 Å². The van der Waals surface area contributed by atoms with Crippen molar-refractivity contribution in [3.05, 3.63) is 0 Å². The van der Waals surface area contributed by atoms with E-state index in [1.54, 1.807) is 13.8 Å². The minimum Gasteiger partial charge on any atom is -0.455 e. The predicted molar refractivity (Wildman–Crippen MR) is 213 cm³/mol. The highest BCUT2D eigenvalue weighted by molar-refractivity contribution is 5.67. The number of carbonyl (C=O) groups is 2.